The van der Waals surface area contributed by atoms with Gasteiger partial charge >= 0.3 is 11.9 Å². The third-order valence-corrected chi connectivity index (χ3v) is 1.73. The Balaban J connectivity index is 0.000000351. The van der Waals surface area contributed by atoms with Crippen LogP contribution in [0.15, 0.2) is 6.07 Å². The number of H-pyrrole nitrogens is 1. The summed E-state index contributed by atoms with van der Waals surface area (Å²) in [6.45, 7) is 7.89. The summed E-state index contributed by atoms with van der Waals surface area (Å²) in [7, 11) is 0. The molecule has 1 rings (SSSR count). The van der Waals surface area contributed by atoms with Crippen LogP contribution in [0.5, 0.6) is 0 Å². The van der Waals surface area contributed by atoms with Crippen LogP contribution in [0.2, 0.25) is 0 Å². The molecule has 102 valence electrons. The van der Waals surface area contributed by atoms with Gasteiger partial charge in [-0.05, 0) is 33.8 Å². The van der Waals surface area contributed by atoms with E-state index in [0.29, 0.717) is 0 Å². The molecule has 1 N–H and O–H groups in total. The molecule has 0 aromatic carbocycles. The first-order valence-corrected chi connectivity index (χ1v) is 5.79. The maximum Gasteiger partial charge on any atom is 0.317 e. The number of carbonyl (C=O) groups excluding carboxylic acids is 2. The van der Waals surface area contributed by atoms with Crippen molar-refractivity contribution in [3.05, 3.63) is 17.5 Å². The Hall–Kier alpha value is -1.85. The number of nitrogens with one attached hydrogen (secondary N) is 1. The van der Waals surface area contributed by atoms with Crippen molar-refractivity contribution < 1.29 is 19.1 Å². The second-order valence-electron chi connectivity index (χ2n) is 3.48. The van der Waals surface area contributed by atoms with Gasteiger partial charge in [-0.15, -0.1) is 0 Å². The second kappa shape index (κ2) is 9.21. The van der Waals surface area contributed by atoms with E-state index >= 15 is 0 Å². The molecular formula is C12H20N2O4. The molecule has 0 unspecified atom stereocenters. The van der Waals surface area contributed by atoms with E-state index < -0.39 is 11.9 Å². The van der Waals surface area contributed by atoms with Gasteiger partial charge in [-0.25, -0.2) is 0 Å². The van der Waals surface area contributed by atoms with E-state index in [2.05, 4.69) is 19.7 Å². The van der Waals surface area contributed by atoms with E-state index in [1.807, 2.05) is 19.9 Å². The molecule has 1 aromatic rings. The van der Waals surface area contributed by atoms with Crippen molar-refractivity contribution in [1.82, 2.24) is 10.2 Å². The van der Waals surface area contributed by atoms with Gasteiger partial charge in [-0.2, -0.15) is 5.10 Å². The fourth-order valence-corrected chi connectivity index (χ4v) is 1.10. The number of ether oxygens (including phenoxy) is 2. The summed E-state index contributed by atoms with van der Waals surface area (Å²) in [6.07, 6.45) is -0.290. The zero-order valence-corrected chi connectivity index (χ0v) is 11.3. The molecule has 0 bridgehead atoms. The van der Waals surface area contributed by atoms with Crippen LogP contribution >= 0.6 is 0 Å². The van der Waals surface area contributed by atoms with Gasteiger partial charge in [0.05, 0.1) is 18.9 Å². The zero-order chi connectivity index (χ0) is 14.0. The lowest BCUT2D eigenvalue weighted by molar-refractivity contribution is -0.153. The van der Waals surface area contributed by atoms with Gasteiger partial charge in [-0.3, -0.25) is 14.7 Å². The lowest BCUT2D eigenvalue weighted by atomic mass is 10.4. The number of hydrogen-bond acceptors (Lipinski definition) is 5. The number of aromatic amines is 1. The quantitative estimate of drug-likeness (QED) is 0.652. The SMILES string of the molecule is CCOC(=O)CC(=O)OCC.Cc1cc(C)[nH]n1. The highest BCUT2D eigenvalue weighted by atomic mass is 16.5. The number of carbonyl (C=O) groups is 2. The van der Waals surface area contributed by atoms with Crippen molar-refractivity contribution in [2.45, 2.75) is 34.1 Å². The molecule has 0 fully saturated rings. The first kappa shape index (κ1) is 16.1. The third kappa shape index (κ3) is 8.32. The lowest BCUT2D eigenvalue weighted by Crippen LogP contribution is -2.13. The van der Waals surface area contributed by atoms with E-state index in [4.69, 9.17) is 0 Å². The molecule has 0 saturated heterocycles. The van der Waals surface area contributed by atoms with Crippen LogP contribution < -0.4 is 0 Å². The molecule has 1 heterocycles. The summed E-state index contributed by atoms with van der Waals surface area (Å²) in [5.74, 6) is -1.07. The average Bonchev–Trinajstić information content (AvgIpc) is 2.63. The van der Waals surface area contributed by atoms with Crippen LogP contribution in [0.1, 0.15) is 31.7 Å². The summed E-state index contributed by atoms with van der Waals surface area (Å²) in [5.41, 5.74) is 2.18. The van der Waals surface area contributed by atoms with Crippen LogP contribution in [0.4, 0.5) is 0 Å². The normalized spacial score (nSPS) is 9.11. The van der Waals surface area contributed by atoms with Gasteiger partial charge in [0.15, 0.2) is 0 Å². The summed E-state index contributed by atoms with van der Waals surface area (Å²) in [6, 6.07) is 2.00. The van der Waals surface area contributed by atoms with Gasteiger partial charge in [0.2, 0.25) is 0 Å². The van der Waals surface area contributed by atoms with E-state index in [1.165, 1.54) is 0 Å². The predicted molar refractivity (Wildman–Crippen MR) is 65.9 cm³/mol. The molecule has 6 nitrogen and oxygen atoms in total. The Labute approximate surface area is 107 Å². The van der Waals surface area contributed by atoms with Crippen molar-refractivity contribution in [2.75, 3.05) is 13.2 Å². The molecule has 0 amide bonds. The Bertz CT molecular complexity index is 341. The van der Waals surface area contributed by atoms with E-state index in [-0.39, 0.29) is 19.6 Å². The summed E-state index contributed by atoms with van der Waals surface area (Å²) in [4.78, 5) is 21.2. The molecule has 18 heavy (non-hydrogen) atoms. The lowest BCUT2D eigenvalue weighted by Gasteiger charge is -2.00. The molecule has 0 aliphatic heterocycles. The number of aryl methyl sites for hydroxylation is 2. The number of nitrogens with zero attached hydrogens (tertiary/aromatic N) is 1. The first-order chi connectivity index (χ1) is 8.49. The van der Waals surface area contributed by atoms with Crippen molar-refractivity contribution in [1.29, 1.82) is 0 Å². The largest absolute Gasteiger partial charge is 0.466 e. The molecule has 1 aromatic heterocycles. The molecule has 0 aliphatic carbocycles. The van der Waals surface area contributed by atoms with Crippen molar-refractivity contribution in [3.63, 3.8) is 0 Å². The van der Waals surface area contributed by atoms with Gasteiger partial charge in [-0.1, -0.05) is 0 Å². The highest BCUT2D eigenvalue weighted by molar-refractivity contribution is 5.91. The minimum absolute atomic E-state index is 0.290. The molecule has 0 aliphatic rings. The minimum atomic E-state index is -0.536. The van der Waals surface area contributed by atoms with Crippen molar-refractivity contribution in [2.24, 2.45) is 0 Å². The molecule has 0 saturated carbocycles. The van der Waals surface area contributed by atoms with E-state index in [9.17, 15) is 9.59 Å². The van der Waals surface area contributed by atoms with Gasteiger partial charge in [0.1, 0.15) is 6.42 Å². The number of rotatable bonds is 4. The minimum Gasteiger partial charge on any atom is -0.466 e. The van der Waals surface area contributed by atoms with Gasteiger partial charge < -0.3 is 9.47 Å². The van der Waals surface area contributed by atoms with Crippen LogP contribution in [-0.2, 0) is 19.1 Å². The van der Waals surface area contributed by atoms with Crippen molar-refractivity contribution >= 4 is 11.9 Å². The zero-order valence-electron chi connectivity index (χ0n) is 11.3. The smallest absolute Gasteiger partial charge is 0.317 e. The number of esters is 2. The molecular weight excluding hydrogens is 236 g/mol. The molecule has 6 heteroatoms. The maximum atomic E-state index is 10.6. The van der Waals surface area contributed by atoms with Gasteiger partial charge in [0.25, 0.3) is 0 Å². The summed E-state index contributed by atoms with van der Waals surface area (Å²) < 4.78 is 9.04. The van der Waals surface area contributed by atoms with Gasteiger partial charge in [0, 0.05) is 5.69 Å². The molecule has 0 spiro atoms. The average molecular weight is 256 g/mol. The fourth-order valence-electron chi connectivity index (χ4n) is 1.10. The van der Waals surface area contributed by atoms with Crippen LogP contribution in [0, 0.1) is 13.8 Å². The highest BCUT2D eigenvalue weighted by Gasteiger charge is 2.09. The van der Waals surface area contributed by atoms with Crippen LogP contribution in [0.3, 0.4) is 0 Å². The maximum absolute atomic E-state index is 10.6. The monoisotopic (exact) mass is 256 g/mol. The van der Waals surface area contributed by atoms with E-state index in [0.717, 1.165) is 11.4 Å². The first-order valence-electron chi connectivity index (χ1n) is 5.79. The number of hydrogen-bond donors (Lipinski definition) is 1. The molecule has 0 atom stereocenters. The second-order valence-corrected chi connectivity index (χ2v) is 3.48. The highest BCUT2D eigenvalue weighted by Crippen LogP contribution is 1.92. The Morgan fingerprint density at radius 1 is 1.17 bits per heavy atom. The Kier molecular flexibility index (Phi) is 8.26. The summed E-state index contributed by atoms with van der Waals surface area (Å²) >= 11 is 0. The van der Waals surface area contributed by atoms with Crippen LogP contribution in [-0.4, -0.2) is 35.3 Å². The standard InChI is InChI=1S/C7H12O4.C5H8N2/c1-3-10-6(8)5-7(9)11-4-2;1-4-3-5(2)7-6-4/h3-5H2,1-2H3;3H,1-2H3,(H,6,7). The Morgan fingerprint density at radius 3 is 1.89 bits per heavy atom. The predicted octanol–water partition coefficient (Wildman–Crippen LogP) is 1.53. The molecule has 0 radical (unpaired) electrons. The summed E-state index contributed by atoms with van der Waals surface area (Å²) in [5, 5.41) is 6.71. The van der Waals surface area contributed by atoms with Crippen molar-refractivity contribution in [3.8, 4) is 0 Å². The Morgan fingerprint density at radius 2 is 1.67 bits per heavy atom. The fraction of sp³-hybridized carbons (Fsp3) is 0.583. The third-order valence-electron chi connectivity index (χ3n) is 1.73. The van der Waals surface area contributed by atoms with E-state index in [1.54, 1.807) is 13.8 Å². The number of aromatic nitrogens is 2. The topological polar surface area (TPSA) is 81.3 Å². The van der Waals surface area contributed by atoms with Crippen LogP contribution in [0.25, 0.3) is 0 Å².